The van der Waals surface area contributed by atoms with Gasteiger partial charge in [0.2, 0.25) is 11.8 Å². The molecule has 1 aromatic heterocycles. The zero-order valence-electron chi connectivity index (χ0n) is 14.2. The third-order valence-corrected chi connectivity index (χ3v) is 4.21. The third-order valence-electron chi connectivity index (χ3n) is 4.21. The lowest BCUT2D eigenvalue weighted by molar-refractivity contribution is 0.0600. The number of ether oxygens (including phenoxy) is 2. The van der Waals surface area contributed by atoms with Gasteiger partial charge in [-0.3, -0.25) is 5.10 Å². The molecular formula is C18H18N4O3. The first kappa shape index (κ1) is 16.6. The highest BCUT2D eigenvalue weighted by atomic mass is 16.5. The average Bonchev–Trinajstić information content (AvgIpc) is 3.03. The molecule has 1 atom stereocenters. The third kappa shape index (κ3) is 2.72. The van der Waals surface area contributed by atoms with Gasteiger partial charge in [0.05, 0.1) is 24.2 Å². The number of carbonyl (C=O) groups excluding carboxylic acids is 1. The van der Waals surface area contributed by atoms with E-state index in [1.54, 1.807) is 24.3 Å². The fourth-order valence-electron chi connectivity index (χ4n) is 2.97. The number of hydrogen-bond acceptors (Lipinski definition) is 6. The standard InChI is InChI=1S/C18H18N4O3/c1-9(2)15-14-13(10-4-6-11(7-5-10)18(23)24-3)12(8-19)16(20)25-17(14)22-21-15/h4-7,9,13H,20H2,1-3H3,(H,21,22)/t13-/m0/s1. The second-order valence-electron chi connectivity index (χ2n) is 6.05. The number of methoxy groups -OCH3 is 1. The van der Waals surface area contributed by atoms with E-state index in [0.717, 1.165) is 16.8 Å². The number of nitrogens with zero attached hydrogens (tertiary/aromatic N) is 2. The Labute approximate surface area is 145 Å². The number of nitriles is 1. The van der Waals surface area contributed by atoms with Crippen LogP contribution in [0.2, 0.25) is 0 Å². The predicted molar refractivity (Wildman–Crippen MR) is 89.8 cm³/mol. The van der Waals surface area contributed by atoms with Crippen LogP contribution >= 0.6 is 0 Å². The van der Waals surface area contributed by atoms with Crippen molar-refractivity contribution in [3.8, 4) is 11.9 Å². The summed E-state index contributed by atoms with van der Waals surface area (Å²) in [4.78, 5) is 11.6. The summed E-state index contributed by atoms with van der Waals surface area (Å²) in [6.45, 7) is 4.05. The van der Waals surface area contributed by atoms with Gasteiger partial charge < -0.3 is 15.2 Å². The van der Waals surface area contributed by atoms with Crippen LogP contribution in [0.5, 0.6) is 5.88 Å². The number of benzene rings is 1. The smallest absolute Gasteiger partial charge is 0.337 e. The summed E-state index contributed by atoms with van der Waals surface area (Å²) in [6, 6.07) is 9.04. The Bertz CT molecular complexity index is 888. The molecule has 1 aliphatic rings. The van der Waals surface area contributed by atoms with Gasteiger partial charge >= 0.3 is 5.97 Å². The summed E-state index contributed by atoms with van der Waals surface area (Å²) in [6.07, 6.45) is 0. The van der Waals surface area contributed by atoms with Crippen molar-refractivity contribution < 1.29 is 14.3 Å². The van der Waals surface area contributed by atoms with Crippen LogP contribution in [0.15, 0.2) is 35.7 Å². The molecule has 2 aromatic rings. The van der Waals surface area contributed by atoms with Crippen LogP contribution in [0.3, 0.4) is 0 Å². The first-order chi connectivity index (χ1) is 12.0. The summed E-state index contributed by atoms with van der Waals surface area (Å²) in [5.74, 6) is -0.241. The number of H-pyrrole nitrogens is 1. The molecule has 128 valence electrons. The van der Waals surface area contributed by atoms with Crippen LogP contribution in [0.4, 0.5) is 0 Å². The monoisotopic (exact) mass is 338 g/mol. The van der Waals surface area contributed by atoms with Crippen LogP contribution in [0.25, 0.3) is 0 Å². The lowest BCUT2D eigenvalue weighted by Crippen LogP contribution is -2.21. The first-order valence-corrected chi connectivity index (χ1v) is 7.82. The van der Waals surface area contributed by atoms with Crippen molar-refractivity contribution in [3.63, 3.8) is 0 Å². The molecule has 0 bridgehead atoms. The summed E-state index contributed by atoms with van der Waals surface area (Å²) < 4.78 is 10.2. The van der Waals surface area contributed by atoms with Crippen LogP contribution in [-0.4, -0.2) is 23.3 Å². The van der Waals surface area contributed by atoms with E-state index in [0.29, 0.717) is 17.0 Å². The maximum absolute atomic E-state index is 11.6. The minimum absolute atomic E-state index is 0.0406. The Morgan fingerprint density at radius 2 is 2.08 bits per heavy atom. The number of fused-ring (bicyclic) bond motifs is 1. The maximum Gasteiger partial charge on any atom is 0.337 e. The quantitative estimate of drug-likeness (QED) is 0.831. The highest BCUT2D eigenvalue weighted by Gasteiger charge is 2.35. The van der Waals surface area contributed by atoms with Crippen molar-refractivity contribution in [1.82, 2.24) is 10.2 Å². The molecule has 1 aliphatic heterocycles. The molecule has 2 heterocycles. The molecule has 0 radical (unpaired) electrons. The molecule has 7 heteroatoms. The lowest BCUT2D eigenvalue weighted by atomic mass is 9.82. The zero-order valence-corrected chi connectivity index (χ0v) is 14.2. The molecule has 0 aliphatic carbocycles. The predicted octanol–water partition coefficient (Wildman–Crippen LogP) is 2.54. The van der Waals surface area contributed by atoms with Crippen molar-refractivity contribution in [2.75, 3.05) is 7.11 Å². The number of aromatic amines is 1. The summed E-state index contributed by atoms with van der Waals surface area (Å²) in [7, 11) is 1.33. The highest BCUT2D eigenvalue weighted by Crippen LogP contribution is 2.44. The Hall–Kier alpha value is -3.27. The van der Waals surface area contributed by atoms with Crippen molar-refractivity contribution in [3.05, 3.63) is 58.1 Å². The summed E-state index contributed by atoms with van der Waals surface area (Å²) in [5, 5.41) is 16.8. The number of allylic oxidation sites excluding steroid dienone is 1. The van der Waals surface area contributed by atoms with E-state index in [1.165, 1.54) is 7.11 Å². The van der Waals surface area contributed by atoms with Gasteiger partial charge in [0.1, 0.15) is 11.6 Å². The maximum atomic E-state index is 11.6. The molecular weight excluding hydrogens is 320 g/mol. The molecule has 3 N–H and O–H groups in total. The fraction of sp³-hybridized carbons (Fsp3) is 0.278. The largest absolute Gasteiger partial charge is 0.465 e. The molecule has 0 amide bonds. The highest BCUT2D eigenvalue weighted by molar-refractivity contribution is 5.89. The molecule has 0 spiro atoms. The van der Waals surface area contributed by atoms with Gasteiger partial charge in [0.15, 0.2) is 0 Å². The first-order valence-electron chi connectivity index (χ1n) is 7.82. The average molecular weight is 338 g/mol. The number of hydrogen-bond donors (Lipinski definition) is 2. The summed E-state index contributed by atoms with van der Waals surface area (Å²) >= 11 is 0. The van der Waals surface area contributed by atoms with Gasteiger partial charge in [-0.05, 0) is 23.6 Å². The van der Waals surface area contributed by atoms with E-state index in [4.69, 9.17) is 15.2 Å². The minimum atomic E-state index is -0.416. The lowest BCUT2D eigenvalue weighted by Gasteiger charge is -2.24. The van der Waals surface area contributed by atoms with E-state index in [2.05, 4.69) is 16.3 Å². The van der Waals surface area contributed by atoms with Crippen molar-refractivity contribution in [2.45, 2.75) is 25.7 Å². The number of carbonyl (C=O) groups is 1. The Morgan fingerprint density at radius 1 is 1.40 bits per heavy atom. The van der Waals surface area contributed by atoms with E-state index >= 15 is 0 Å². The number of esters is 1. The van der Waals surface area contributed by atoms with Crippen LogP contribution in [-0.2, 0) is 4.74 Å². The number of nitrogens with one attached hydrogen (secondary N) is 1. The van der Waals surface area contributed by atoms with Crippen LogP contribution in [0.1, 0.15) is 52.9 Å². The van der Waals surface area contributed by atoms with Gasteiger partial charge in [-0.15, -0.1) is 5.10 Å². The summed E-state index contributed by atoms with van der Waals surface area (Å²) in [5.41, 5.74) is 9.18. The number of aromatic nitrogens is 2. The normalized spacial score (nSPS) is 16.2. The minimum Gasteiger partial charge on any atom is -0.465 e. The van der Waals surface area contributed by atoms with E-state index in [9.17, 15) is 10.1 Å². The van der Waals surface area contributed by atoms with Crippen LogP contribution < -0.4 is 10.5 Å². The van der Waals surface area contributed by atoms with Gasteiger partial charge in [-0.1, -0.05) is 26.0 Å². The van der Waals surface area contributed by atoms with Crippen molar-refractivity contribution in [1.29, 1.82) is 5.26 Å². The molecule has 0 saturated heterocycles. The molecule has 25 heavy (non-hydrogen) atoms. The fourth-order valence-corrected chi connectivity index (χ4v) is 2.97. The van der Waals surface area contributed by atoms with E-state index in [1.807, 2.05) is 13.8 Å². The second kappa shape index (κ2) is 6.32. The second-order valence-corrected chi connectivity index (χ2v) is 6.05. The Morgan fingerprint density at radius 3 is 2.64 bits per heavy atom. The van der Waals surface area contributed by atoms with E-state index < -0.39 is 11.9 Å². The van der Waals surface area contributed by atoms with Gasteiger partial charge in [-0.2, -0.15) is 5.26 Å². The topological polar surface area (TPSA) is 114 Å². The number of rotatable bonds is 3. The molecule has 1 aromatic carbocycles. The molecule has 0 saturated carbocycles. The Kier molecular flexibility index (Phi) is 4.19. The van der Waals surface area contributed by atoms with Crippen molar-refractivity contribution in [2.24, 2.45) is 5.73 Å². The SMILES string of the molecule is COC(=O)c1ccc([C@H]2C(C#N)=C(N)Oc3n[nH]c(C(C)C)c32)cc1. The molecule has 0 unspecified atom stereocenters. The van der Waals surface area contributed by atoms with Gasteiger partial charge in [0.25, 0.3) is 0 Å². The van der Waals surface area contributed by atoms with Gasteiger partial charge in [0, 0.05) is 5.69 Å². The molecule has 7 nitrogen and oxygen atoms in total. The van der Waals surface area contributed by atoms with Crippen molar-refractivity contribution >= 4 is 5.97 Å². The van der Waals surface area contributed by atoms with E-state index in [-0.39, 0.29) is 11.8 Å². The Balaban J connectivity index is 2.15. The zero-order chi connectivity index (χ0) is 18.1. The molecule has 3 rings (SSSR count). The van der Waals surface area contributed by atoms with Crippen LogP contribution in [0, 0.1) is 11.3 Å². The number of nitrogens with two attached hydrogens (primary N) is 1. The molecule has 0 fully saturated rings. The van der Waals surface area contributed by atoms with Gasteiger partial charge in [-0.25, -0.2) is 4.79 Å².